The van der Waals surface area contributed by atoms with E-state index in [0.717, 1.165) is 23.2 Å². The molecule has 1 aliphatic rings. The second kappa shape index (κ2) is 7.83. The Morgan fingerprint density at radius 1 is 1.32 bits per heavy atom. The number of alkyl halides is 3. The van der Waals surface area contributed by atoms with Crippen LogP contribution in [0.4, 0.5) is 18.9 Å². The molecule has 0 aliphatic carbocycles. The molecule has 1 atom stereocenters. The second-order valence-corrected chi connectivity index (χ2v) is 7.00. The smallest absolute Gasteiger partial charge is 0.378 e. The molecule has 10 heteroatoms. The Morgan fingerprint density at radius 2 is 2.07 bits per heavy atom. The third kappa shape index (κ3) is 4.30. The highest BCUT2D eigenvalue weighted by Gasteiger charge is 2.30. The predicted molar refractivity (Wildman–Crippen MR) is 98.7 cm³/mol. The van der Waals surface area contributed by atoms with E-state index in [-0.39, 0.29) is 28.3 Å². The molecule has 3 rings (SSSR count). The van der Waals surface area contributed by atoms with Crippen LogP contribution in [-0.2, 0) is 11.0 Å². The zero-order valence-electron chi connectivity index (χ0n) is 15.0. The molecule has 2 aromatic rings. The number of amides is 1. The van der Waals surface area contributed by atoms with Crippen molar-refractivity contribution in [1.82, 2.24) is 14.7 Å². The van der Waals surface area contributed by atoms with Crippen molar-refractivity contribution in [3.8, 4) is 5.69 Å². The largest absolute Gasteiger partial charge is 0.416 e. The molecule has 0 radical (unpaired) electrons. The number of nitrogens with zero attached hydrogens (tertiary/aromatic N) is 3. The second-order valence-electron chi connectivity index (χ2n) is 6.63. The van der Waals surface area contributed by atoms with E-state index in [4.69, 9.17) is 11.6 Å². The lowest BCUT2D eigenvalue weighted by atomic mass is 10.2. The van der Waals surface area contributed by atoms with E-state index >= 15 is 0 Å². The molecule has 1 fully saturated rings. The van der Waals surface area contributed by atoms with E-state index in [1.54, 1.807) is 4.90 Å². The summed E-state index contributed by atoms with van der Waals surface area (Å²) < 4.78 is 39.5. The number of aromatic nitrogens is 2. The minimum Gasteiger partial charge on any atom is -0.378 e. The van der Waals surface area contributed by atoms with E-state index in [9.17, 15) is 22.8 Å². The summed E-state index contributed by atoms with van der Waals surface area (Å²) in [6.45, 7) is 2.97. The van der Waals surface area contributed by atoms with Gasteiger partial charge in [0.05, 0.1) is 23.1 Å². The van der Waals surface area contributed by atoms with Gasteiger partial charge in [-0.25, -0.2) is 0 Å². The molecule has 1 unspecified atom stereocenters. The Kier molecular flexibility index (Phi) is 5.64. The van der Waals surface area contributed by atoms with Gasteiger partial charge in [-0.3, -0.25) is 9.59 Å². The Morgan fingerprint density at radius 3 is 2.71 bits per heavy atom. The number of rotatable bonds is 5. The van der Waals surface area contributed by atoms with Gasteiger partial charge in [-0.2, -0.15) is 23.0 Å². The first-order valence-corrected chi connectivity index (χ1v) is 9.04. The van der Waals surface area contributed by atoms with E-state index in [1.807, 2.05) is 6.92 Å². The zero-order chi connectivity index (χ0) is 20.5. The molecule has 1 amide bonds. The normalized spacial score (nSPS) is 15.8. The SMILES string of the molecule is CC(CN1CCCC1=O)Nc1cnn(-c2cccc(C(F)(F)F)c2)c(=O)c1Cl. The van der Waals surface area contributed by atoms with Gasteiger partial charge in [0.1, 0.15) is 5.02 Å². The average Bonchev–Trinajstić information content (AvgIpc) is 3.03. The molecular weight excluding hydrogens is 397 g/mol. The van der Waals surface area contributed by atoms with Crippen molar-refractivity contribution >= 4 is 23.2 Å². The van der Waals surface area contributed by atoms with Crippen LogP contribution in [0, 0.1) is 0 Å². The van der Waals surface area contributed by atoms with E-state index < -0.39 is 17.3 Å². The molecule has 150 valence electrons. The fourth-order valence-electron chi connectivity index (χ4n) is 3.07. The van der Waals surface area contributed by atoms with Crippen molar-refractivity contribution in [2.45, 2.75) is 32.0 Å². The van der Waals surface area contributed by atoms with Crippen LogP contribution in [0.1, 0.15) is 25.3 Å². The van der Waals surface area contributed by atoms with Gasteiger partial charge in [-0.15, -0.1) is 0 Å². The number of carbonyl (C=O) groups excluding carboxylic acids is 1. The summed E-state index contributed by atoms with van der Waals surface area (Å²) >= 11 is 6.13. The third-order valence-corrected chi connectivity index (χ3v) is 4.77. The van der Waals surface area contributed by atoms with E-state index in [0.29, 0.717) is 19.5 Å². The topological polar surface area (TPSA) is 67.2 Å². The van der Waals surface area contributed by atoms with Gasteiger partial charge in [0, 0.05) is 25.6 Å². The van der Waals surface area contributed by atoms with Crippen LogP contribution in [0.5, 0.6) is 0 Å². The maximum absolute atomic E-state index is 12.9. The number of carbonyl (C=O) groups is 1. The molecule has 1 aromatic carbocycles. The molecular formula is C18H18ClF3N4O2. The number of nitrogens with one attached hydrogen (secondary N) is 1. The summed E-state index contributed by atoms with van der Waals surface area (Å²) in [7, 11) is 0. The molecule has 0 saturated carbocycles. The average molecular weight is 415 g/mol. The lowest BCUT2D eigenvalue weighted by Crippen LogP contribution is -2.36. The van der Waals surface area contributed by atoms with Crippen molar-refractivity contribution in [2.24, 2.45) is 0 Å². The maximum Gasteiger partial charge on any atom is 0.416 e. The quantitative estimate of drug-likeness (QED) is 0.815. The molecule has 0 spiro atoms. The summed E-state index contributed by atoms with van der Waals surface area (Å²) in [5.41, 5.74) is -1.41. The Labute approximate surface area is 163 Å². The number of likely N-dealkylation sites (tertiary alicyclic amines) is 1. The van der Waals surface area contributed by atoms with Gasteiger partial charge >= 0.3 is 6.18 Å². The first-order valence-electron chi connectivity index (χ1n) is 8.66. The fraction of sp³-hybridized carbons (Fsp3) is 0.389. The van der Waals surface area contributed by atoms with Crippen LogP contribution in [0.3, 0.4) is 0 Å². The number of hydrogen-bond donors (Lipinski definition) is 1. The van der Waals surface area contributed by atoms with Crippen LogP contribution in [0.15, 0.2) is 35.3 Å². The van der Waals surface area contributed by atoms with E-state index in [2.05, 4.69) is 10.4 Å². The van der Waals surface area contributed by atoms with Crippen molar-refractivity contribution < 1.29 is 18.0 Å². The minimum absolute atomic E-state index is 0.0380. The molecule has 2 heterocycles. The minimum atomic E-state index is -4.53. The first-order chi connectivity index (χ1) is 13.2. The summed E-state index contributed by atoms with van der Waals surface area (Å²) in [6.07, 6.45) is -1.90. The highest BCUT2D eigenvalue weighted by atomic mass is 35.5. The number of halogens is 4. The lowest BCUT2D eigenvalue weighted by Gasteiger charge is -2.22. The van der Waals surface area contributed by atoms with Crippen LogP contribution in [-0.4, -0.2) is 39.7 Å². The van der Waals surface area contributed by atoms with Crippen molar-refractivity contribution in [2.75, 3.05) is 18.4 Å². The van der Waals surface area contributed by atoms with Gasteiger partial charge < -0.3 is 10.2 Å². The van der Waals surface area contributed by atoms with Crippen molar-refractivity contribution in [3.63, 3.8) is 0 Å². The molecule has 1 aromatic heterocycles. The number of benzene rings is 1. The zero-order valence-corrected chi connectivity index (χ0v) is 15.7. The summed E-state index contributed by atoms with van der Waals surface area (Å²) in [6, 6.07) is 4.09. The molecule has 1 N–H and O–H groups in total. The monoisotopic (exact) mass is 414 g/mol. The molecule has 1 aliphatic heterocycles. The molecule has 28 heavy (non-hydrogen) atoms. The Balaban J connectivity index is 1.82. The maximum atomic E-state index is 12.9. The highest BCUT2D eigenvalue weighted by molar-refractivity contribution is 6.33. The van der Waals surface area contributed by atoms with Crippen LogP contribution < -0.4 is 10.9 Å². The molecule has 0 bridgehead atoms. The van der Waals surface area contributed by atoms with Gasteiger partial charge in [0.25, 0.3) is 5.56 Å². The fourth-order valence-corrected chi connectivity index (χ4v) is 3.25. The molecule has 6 nitrogen and oxygen atoms in total. The Bertz CT molecular complexity index is 945. The van der Waals surface area contributed by atoms with Crippen molar-refractivity contribution in [3.05, 3.63) is 51.4 Å². The van der Waals surface area contributed by atoms with E-state index in [1.165, 1.54) is 18.3 Å². The Hall–Kier alpha value is -2.55. The van der Waals surface area contributed by atoms with Crippen LogP contribution in [0.2, 0.25) is 5.02 Å². The summed E-state index contributed by atoms with van der Waals surface area (Å²) in [5.74, 6) is 0.0813. The van der Waals surface area contributed by atoms with Gasteiger partial charge in [0.15, 0.2) is 0 Å². The predicted octanol–water partition coefficient (Wildman–Crippen LogP) is 3.33. The lowest BCUT2D eigenvalue weighted by molar-refractivity contribution is -0.137. The highest BCUT2D eigenvalue weighted by Crippen LogP contribution is 2.30. The summed E-state index contributed by atoms with van der Waals surface area (Å²) in [5, 5.41) is 6.78. The first kappa shape index (κ1) is 20.2. The molecule has 1 saturated heterocycles. The van der Waals surface area contributed by atoms with Gasteiger partial charge in [0.2, 0.25) is 5.91 Å². The summed E-state index contributed by atoms with van der Waals surface area (Å²) in [4.78, 5) is 25.9. The van der Waals surface area contributed by atoms with Gasteiger partial charge in [-0.05, 0) is 31.5 Å². The number of anilines is 1. The standard InChI is InChI=1S/C18H18ClF3N4O2/c1-11(10-25-7-3-6-15(25)27)24-14-9-23-26(17(28)16(14)19)13-5-2-4-12(8-13)18(20,21)22/h2,4-5,8-9,11,24H,3,6-7,10H2,1H3. The van der Waals surface area contributed by atoms with Crippen LogP contribution in [0.25, 0.3) is 5.69 Å². The number of hydrogen-bond acceptors (Lipinski definition) is 4. The van der Waals surface area contributed by atoms with Gasteiger partial charge in [-0.1, -0.05) is 17.7 Å². The third-order valence-electron chi connectivity index (χ3n) is 4.40. The van der Waals surface area contributed by atoms with Crippen molar-refractivity contribution in [1.29, 1.82) is 0 Å². The van der Waals surface area contributed by atoms with Crippen LogP contribution >= 0.6 is 11.6 Å².